The molecule has 2 fully saturated rings. The fourth-order valence-corrected chi connectivity index (χ4v) is 2.81. The Balaban J connectivity index is 1.59. The van der Waals surface area contributed by atoms with Crippen molar-refractivity contribution in [2.24, 2.45) is 0 Å². The Morgan fingerprint density at radius 3 is 2.83 bits per heavy atom. The number of carbonyl (C=O) groups excluding carboxylic acids is 2. The summed E-state index contributed by atoms with van der Waals surface area (Å²) in [6, 6.07) is 7.14. The summed E-state index contributed by atoms with van der Waals surface area (Å²) in [7, 11) is 0. The Kier molecular flexibility index (Phi) is 5.17. The predicted octanol–water partition coefficient (Wildman–Crippen LogP) is -0.901. The summed E-state index contributed by atoms with van der Waals surface area (Å²) >= 11 is 0. The number of nitrogens with one attached hydrogen (secondary N) is 2. The molecule has 0 aromatic heterocycles. The molecule has 0 spiro atoms. The van der Waals surface area contributed by atoms with E-state index in [0.29, 0.717) is 31.8 Å². The minimum Gasteiger partial charge on any atom is -0.484 e. The third kappa shape index (κ3) is 3.95. The average molecular weight is 334 g/mol. The van der Waals surface area contributed by atoms with E-state index >= 15 is 0 Å². The molecule has 24 heavy (non-hydrogen) atoms. The summed E-state index contributed by atoms with van der Waals surface area (Å²) in [5.41, 5.74) is 0.731. The van der Waals surface area contributed by atoms with E-state index in [4.69, 9.17) is 4.74 Å². The summed E-state index contributed by atoms with van der Waals surface area (Å²) in [5.74, 6) is 0.347. The lowest BCUT2D eigenvalue weighted by atomic mass is 10.2. The fourth-order valence-electron chi connectivity index (χ4n) is 2.81. The first-order valence-electron chi connectivity index (χ1n) is 8.09. The van der Waals surface area contributed by atoms with Gasteiger partial charge in [0.15, 0.2) is 6.61 Å². The highest BCUT2D eigenvalue weighted by atomic mass is 16.5. The van der Waals surface area contributed by atoms with Crippen molar-refractivity contribution in [2.45, 2.75) is 12.8 Å². The number of benzene rings is 1. The van der Waals surface area contributed by atoms with Crippen LogP contribution in [-0.2, 0) is 9.59 Å². The van der Waals surface area contributed by atoms with E-state index in [-0.39, 0.29) is 18.4 Å². The highest BCUT2D eigenvalue weighted by molar-refractivity contribution is 5.79. The van der Waals surface area contributed by atoms with Gasteiger partial charge >= 0.3 is 0 Å². The molecule has 2 aliphatic heterocycles. The van der Waals surface area contributed by atoms with Crippen molar-refractivity contribution in [1.29, 1.82) is 0 Å². The van der Waals surface area contributed by atoms with Crippen LogP contribution in [0.4, 0.5) is 5.69 Å². The topological polar surface area (TPSA) is 94.1 Å². The lowest BCUT2D eigenvalue weighted by Gasteiger charge is -2.34. The van der Waals surface area contributed by atoms with Gasteiger partial charge in [-0.05, 0) is 12.1 Å². The molecule has 0 bridgehead atoms. The van der Waals surface area contributed by atoms with E-state index < -0.39 is 6.35 Å². The first-order chi connectivity index (χ1) is 11.6. The quantitative estimate of drug-likeness (QED) is 0.661. The Hall–Kier alpha value is -2.32. The molecule has 0 aliphatic carbocycles. The Morgan fingerprint density at radius 2 is 2.08 bits per heavy atom. The van der Waals surface area contributed by atoms with Gasteiger partial charge in [0, 0.05) is 50.9 Å². The number of nitrogens with zero attached hydrogens (tertiary/aromatic N) is 2. The molecule has 2 heterocycles. The second-order valence-electron chi connectivity index (χ2n) is 5.80. The van der Waals surface area contributed by atoms with Gasteiger partial charge in [-0.3, -0.25) is 9.59 Å². The van der Waals surface area contributed by atoms with Crippen LogP contribution in [0.5, 0.6) is 5.75 Å². The van der Waals surface area contributed by atoms with Crippen molar-refractivity contribution < 1.29 is 19.4 Å². The first-order valence-corrected chi connectivity index (χ1v) is 8.09. The number of aliphatic hydroxyl groups is 1. The lowest BCUT2D eigenvalue weighted by Crippen LogP contribution is -2.54. The molecule has 2 amide bonds. The highest BCUT2D eigenvalue weighted by Gasteiger charge is 2.24. The van der Waals surface area contributed by atoms with E-state index in [1.807, 2.05) is 6.07 Å². The van der Waals surface area contributed by atoms with Crippen LogP contribution in [0.1, 0.15) is 6.42 Å². The molecule has 3 rings (SSSR count). The molecule has 1 unspecified atom stereocenters. The van der Waals surface area contributed by atoms with Gasteiger partial charge in [-0.25, -0.2) is 0 Å². The largest absolute Gasteiger partial charge is 0.484 e. The van der Waals surface area contributed by atoms with Gasteiger partial charge in [0.2, 0.25) is 12.3 Å². The maximum absolute atomic E-state index is 12.1. The zero-order chi connectivity index (χ0) is 16.9. The van der Waals surface area contributed by atoms with E-state index in [9.17, 15) is 14.7 Å². The van der Waals surface area contributed by atoms with Crippen LogP contribution in [0.2, 0.25) is 0 Å². The summed E-state index contributed by atoms with van der Waals surface area (Å²) < 4.78 is 5.60. The Bertz CT molecular complexity index is 603. The Morgan fingerprint density at radius 1 is 1.29 bits per heavy atom. The zero-order valence-electron chi connectivity index (χ0n) is 13.4. The van der Waals surface area contributed by atoms with E-state index in [0.717, 1.165) is 18.8 Å². The highest BCUT2D eigenvalue weighted by Crippen LogP contribution is 2.23. The van der Waals surface area contributed by atoms with Gasteiger partial charge in [0.05, 0.1) is 0 Å². The van der Waals surface area contributed by atoms with Crippen molar-refractivity contribution in [3.8, 4) is 5.75 Å². The predicted molar refractivity (Wildman–Crippen MR) is 87.5 cm³/mol. The fraction of sp³-hybridized carbons (Fsp3) is 0.500. The number of piperazine rings is 1. The molecule has 2 aliphatic rings. The molecule has 1 atom stereocenters. The molecule has 130 valence electrons. The van der Waals surface area contributed by atoms with Crippen LogP contribution in [-0.4, -0.2) is 67.5 Å². The van der Waals surface area contributed by atoms with Crippen LogP contribution in [0, 0.1) is 0 Å². The number of ether oxygens (including phenoxy) is 1. The van der Waals surface area contributed by atoms with Gasteiger partial charge in [-0.1, -0.05) is 6.07 Å². The van der Waals surface area contributed by atoms with E-state index in [2.05, 4.69) is 10.6 Å². The summed E-state index contributed by atoms with van der Waals surface area (Å²) in [5, 5.41) is 15.6. The normalized spacial score (nSPS) is 21.4. The monoisotopic (exact) mass is 334 g/mol. The van der Waals surface area contributed by atoms with Crippen molar-refractivity contribution in [2.75, 3.05) is 44.2 Å². The summed E-state index contributed by atoms with van der Waals surface area (Å²) in [6.45, 7) is 3.42. The number of carbonyl (C=O) groups is 2. The van der Waals surface area contributed by atoms with Gasteiger partial charge in [-0.15, -0.1) is 0 Å². The Labute approximate surface area is 140 Å². The van der Waals surface area contributed by atoms with Gasteiger partial charge in [-0.2, -0.15) is 0 Å². The van der Waals surface area contributed by atoms with Crippen molar-refractivity contribution in [3.05, 3.63) is 24.3 Å². The van der Waals surface area contributed by atoms with Crippen molar-refractivity contribution >= 4 is 17.5 Å². The molecule has 3 N–H and O–H groups in total. The van der Waals surface area contributed by atoms with Crippen LogP contribution < -0.4 is 20.3 Å². The second-order valence-corrected chi connectivity index (χ2v) is 5.80. The van der Waals surface area contributed by atoms with Crippen molar-refractivity contribution in [1.82, 2.24) is 15.5 Å². The molecule has 8 heteroatoms. The first kappa shape index (κ1) is 16.5. The van der Waals surface area contributed by atoms with Gasteiger partial charge in [0.1, 0.15) is 5.75 Å². The van der Waals surface area contributed by atoms with E-state index in [1.165, 1.54) is 0 Å². The molecule has 2 saturated heterocycles. The molecule has 8 nitrogen and oxygen atoms in total. The van der Waals surface area contributed by atoms with Crippen LogP contribution >= 0.6 is 0 Å². The standard InChI is InChI=1S/C16H22N4O4/c21-14-4-7-20(16(23)18-14)12-2-1-3-13(10-12)24-11-15(22)19-8-5-17-6-9-19/h1-3,10,16-17,23H,4-9,11H2,(H,18,21). The number of aliphatic hydroxyl groups excluding tert-OH is 1. The molecule has 0 saturated carbocycles. The van der Waals surface area contributed by atoms with Crippen LogP contribution in [0.15, 0.2) is 24.3 Å². The van der Waals surface area contributed by atoms with Crippen LogP contribution in [0.25, 0.3) is 0 Å². The zero-order valence-corrected chi connectivity index (χ0v) is 13.4. The van der Waals surface area contributed by atoms with E-state index in [1.54, 1.807) is 28.0 Å². The van der Waals surface area contributed by atoms with Gasteiger partial charge < -0.3 is 30.3 Å². The van der Waals surface area contributed by atoms with Crippen molar-refractivity contribution in [3.63, 3.8) is 0 Å². The molecule has 1 aromatic carbocycles. The molecular weight excluding hydrogens is 312 g/mol. The smallest absolute Gasteiger partial charge is 0.260 e. The third-order valence-corrected chi connectivity index (χ3v) is 4.15. The minimum absolute atomic E-state index is 0.0112. The lowest BCUT2D eigenvalue weighted by molar-refractivity contribution is -0.134. The maximum atomic E-state index is 12.1. The summed E-state index contributed by atoms with van der Waals surface area (Å²) in [6.07, 6.45) is -0.729. The average Bonchev–Trinajstić information content (AvgIpc) is 2.60. The number of rotatable bonds is 4. The number of hydrogen-bond acceptors (Lipinski definition) is 6. The minimum atomic E-state index is -1.05. The van der Waals surface area contributed by atoms with Crippen LogP contribution in [0.3, 0.4) is 0 Å². The number of amides is 2. The molecular formula is C16H22N4O4. The summed E-state index contributed by atoms with van der Waals surface area (Å²) in [4.78, 5) is 26.9. The number of hydrogen-bond donors (Lipinski definition) is 3. The SMILES string of the molecule is O=C1CCN(c2cccc(OCC(=O)N3CCNCC3)c2)C(O)N1. The molecule has 0 radical (unpaired) electrons. The van der Waals surface area contributed by atoms with Gasteiger partial charge in [0.25, 0.3) is 5.91 Å². The number of anilines is 1. The molecule has 1 aromatic rings. The maximum Gasteiger partial charge on any atom is 0.260 e. The second kappa shape index (κ2) is 7.50. The third-order valence-electron chi connectivity index (χ3n) is 4.15.